The van der Waals surface area contributed by atoms with Crippen LogP contribution in [0.1, 0.15) is 24.1 Å². The molecular formula is C19H25N5O2. The molecule has 0 aliphatic carbocycles. The third-order valence-corrected chi connectivity index (χ3v) is 4.61. The van der Waals surface area contributed by atoms with Crippen LogP contribution in [0.2, 0.25) is 0 Å². The van der Waals surface area contributed by atoms with E-state index in [-0.39, 0.29) is 11.8 Å². The van der Waals surface area contributed by atoms with Crippen LogP contribution >= 0.6 is 0 Å². The molecule has 0 spiro atoms. The Morgan fingerprint density at radius 3 is 2.50 bits per heavy atom. The molecule has 7 nitrogen and oxygen atoms in total. The van der Waals surface area contributed by atoms with E-state index in [0.29, 0.717) is 45.6 Å². The summed E-state index contributed by atoms with van der Waals surface area (Å²) in [5.74, 6) is 0.221. The SMILES string of the molecule is Cc1ccn(CCC(=O)N2CCCN(C(=O)Cc3cccnc3)CC2)n1. The first-order valence-electron chi connectivity index (χ1n) is 9.06. The fourth-order valence-corrected chi connectivity index (χ4v) is 3.16. The molecule has 3 rings (SSSR count). The van der Waals surface area contributed by atoms with E-state index in [0.717, 1.165) is 17.7 Å². The van der Waals surface area contributed by atoms with Crippen molar-refractivity contribution >= 4 is 11.8 Å². The summed E-state index contributed by atoms with van der Waals surface area (Å²) >= 11 is 0. The molecule has 138 valence electrons. The topological polar surface area (TPSA) is 71.3 Å². The maximum atomic E-state index is 12.5. The van der Waals surface area contributed by atoms with Gasteiger partial charge in [0.2, 0.25) is 11.8 Å². The second-order valence-electron chi connectivity index (χ2n) is 6.62. The van der Waals surface area contributed by atoms with Crippen molar-refractivity contribution in [3.8, 4) is 0 Å². The van der Waals surface area contributed by atoms with Crippen molar-refractivity contribution < 1.29 is 9.59 Å². The minimum atomic E-state index is 0.0966. The highest BCUT2D eigenvalue weighted by Crippen LogP contribution is 2.09. The van der Waals surface area contributed by atoms with Crippen LogP contribution in [0.4, 0.5) is 0 Å². The van der Waals surface area contributed by atoms with Gasteiger partial charge in [-0.05, 0) is 31.0 Å². The number of amides is 2. The fourth-order valence-electron chi connectivity index (χ4n) is 3.16. The largest absolute Gasteiger partial charge is 0.341 e. The summed E-state index contributed by atoms with van der Waals surface area (Å²) in [5, 5.41) is 4.31. The van der Waals surface area contributed by atoms with Crippen LogP contribution in [0.15, 0.2) is 36.8 Å². The normalized spacial score (nSPS) is 15.0. The highest BCUT2D eigenvalue weighted by molar-refractivity contribution is 5.79. The minimum absolute atomic E-state index is 0.0966. The number of carbonyl (C=O) groups excluding carboxylic acids is 2. The van der Waals surface area contributed by atoms with Crippen molar-refractivity contribution in [3.63, 3.8) is 0 Å². The molecule has 1 saturated heterocycles. The van der Waals surface area contributed by atoms with Crippen LogP contribution in [-0.2, 0) is 22.6 Å². The van der Waals surface area contributed by atoms with E-state index in [1.54, 1.807) is 17.1 Å². The highest BCUT2D eigenvalue weighted by atomic mass is 16.2. The van der Waals surface area contributed by atoms with Gasteiger partial charge in [-0.15, -0.1) is 0 Å². The zero-order chi connectivity index (χ0) is 18.4. The lowest BCUT2D eigenvalue weighted by Gasteiger charge is -2.22. The van der Waals surface area contributed by atoms with Crippen molar-refractivity contribution in [3.05, 3.63) is 48.0 Å². The number of aromatic nitrogens is 3. The van der Waals surface area contributed by atoms with Gasteiger partial charge in [-0.1, -0.05) is 6.07 Å². The lowest BCUT2D eigenvalue weighted by atomic mass is 10.2. The monoisotopic (exact) mass is 355 g/mol. The third kappa shape index (κ3) is 4.91. The van der Waals surface area contributed by atoms with E-state index in [1.807, 2.05) is 41.1 Å². The Morgan fingerprint density at radius 1 is 1.08 bits per heavy atom. The number of rotatable bonds is 5. The molecular weight excluding hydrogens is 330 g/mol. The standard InChI is InChI=1S/C19H25N5O2/c1-16-5-10-24(21-16)11-6-18(25)22-8-3-9-23(13-12-22)19(26)14-17-4-2-7-20-15-17/h2,4-5,7,10,15H,3,6,8-9,11-14H2,1H3. The summed E-state index contributed by atoms with van der Waals surface area (Å²) < 4.78 is 1.80. The van der Waals surface area contributed by atoms with Crippen LogP contribution in [0.5, 0.6) is 0 Å². The predicted molar refractivity (Wildman–Crippen MR) is 97.3 cm³/mol. The first kappa shape index (κ1) is 18.1. The minimum Gasteiger partial charge on any atom is -0.341 e. The Bertz CT molecular complexity index is 743. The van der Waals surface area contributed by atoms with Crippen LogP contribution in [0.3, 0.4) is 0 Å². The van der Waals surface area contributed by atoms with Gasteiger partial charge in [0.15, 0.2) is 0 Å². The van der Waals surface area contributed by atoms with Gasteiger partial charge in [0.05, 0.1) is 12.1 Å². The van der Waals surface area contributed by atoms with Crippen LogP contribution < -0.4 is 0 Å². The maximum Gasteiger partial charge on any atom is 0.227 e. The van der Waals surface area contributed by atoms with Gasteiger partial charge in [0.1, 0.15) is 0 Å². The Labute approximate surface area is 153 Å². The molecule has 0 aromatic carbocycles. The molecule has 3 heterocycles. The summed E-state index contributed by atoms with van der Waals surface area (Å²) in [4.78, 5) is 32.7. The van der Waals surface area contributed by atoms with Gasteiger partial charge >= 0.3 is 0 Å². The summed E-state index contributed by atoms with van der Waals surface area (Å²) in [7, 11) is 0. The quantitative estimate of drug-likeness (QED) is 0.810. The molecule has 0 bridgehead atoms. The Hall–Kier alpha value is -2.70. The summed E-state index contributed by atoms with van der Waals surface area (Å²) in [6.07, 6.45) is 6.93. The zero-order valence-electron chi connectivity index (χ0n) is 15.2. The number of hydrogen-bond acceptors (Lipinski definition) is 4. The number of nitrogens with zero attached hydrogens (tertiary/aromatic N) is 5. The molecule has 0 saturated carbocycles. The van der Waals surface area contributed by atoms with E-state index >= 15 is 0 Å². The molecule has 0 radical (unpaired) electrons. The van der Waals surface area contributed by atoms with E-state index in [1.165, 1.54) is 0 Å². The second kappa shape index (κ2) is 8.60. The van der Waals surface area contributed by atoms with E-state index in [4.69, 9.17) is 0 Å². The third-order valence-electron chi connectivity index (χ3n) is 4.61. The predicted octanol–water partition coefficient (Wildman–Crippen LogP) is 1.28. The molecule has 1 aliphatic rings. The van der Waals surface area contributed by atoms with Crippen molar-refractivity contribution in [2.75, 3.05) is 26.2 Å². The van der Waals surface area contributed by atoms with Crippen LogP contribution in [0, 0.1) is 6.92 Å². The summed E-state index contributed by atoms with van der Waals surface area (Å²) in [5.41, 5.74) is 1.87. The fraction of sp³-hybridized carbons (Fsp3) is 0.474. The van der Waals surface area contributed by atoms with Crippen molar-refractivity contribution in [1.29, 1.82) is 0 Å². The molecule has 0 N–H and O–H groups in total. The van der Waals surface area contributed by atoms with Gasteiger partial charge < -0.3 is 9.80 Å². The Balaban J connectivity index is 1.47. The molecule has 0 atom stereocenters. The smallest absolute Gasteiger partial charge is 0.227 e. The van der Waals surface area contributed by atoms with Crippen LogP contribution in [-0.4, -0.2) is 62.6 Å². The zero-order valence-corrected chi connectivity index (χ0v) is 15.2. The van der Waals surface area contributed by atoms with Gasteiger partial charge in [-0.25, -0.2) is 0 Å². The first-order chi connectivity index (χ1) is 12.6. The van der Waals surface area contributed by atoms with Crippen molar-refractivity contribution in [2.24, 2.45) is 0 Å². The number of carbonyl (C=O) groups is 2. The van der Waals surface area contributed by atoms with Gasteiger partial charge in [0.25, 0.3) is 0 Å². The number of hydrogen-bond donors (Lipinski definition) is 0. The van der Waals surface area contributed by atoms with Crippen molar-refractivity contribution in [2.45, 2.75) is 32.7 Å². The van der Waals surface area contributed by atoms with Crippen molar-refractivity contribution in [1.82, 2.24) is 24.6 Å². The molecule has 1 aliphatic heterocycles. The van der Waals surface area contributed by atoms with E-state index < -0.39 is 0 Å². The average molecular weight is 355 g/mol. The molecule has 7 heteroatoms. The maximum absolute atomic E-state index is 12.5. The summed E-state index contributed by atoms with van der Waals surface area (Å²) in [6.45, 7) is 5.10. The van der Waals surface area contributed by atoms with Gasteiger partial charge in [-0.3, -0.25) is 19.3 Å². The second-order valence-corrected chi connectivity index (χ2v) is 6.62. The van der Waals surface area contributed by atoms with Gasteiger partial charge in [-0.2, -0.15) is 5.10 Å². The molecule has 1 fully saturated rings. The number of aryl methyl sites for hydroxylation is 2. The lowest BCUT2D eigenvalue weighted by molar-refractivity contribution is -0.133. The van der Waals surface area contributed by atoms with Crippen LogP contribution in [0.25, 0.3) is 0 Å². The number of pyridine rings is 1. The highest BCUT2D eigenvalue weighted by Gasteiger charge is 2.22. The average Bonchev–Trinajstić information content (AvgIpc) is 2.91. The van der Waals surface area contributed by atoms with Gasteiger partial charge in [0, 0.05) is 57.7 Å². The molecule has 2 aromatic rings. The summed E-state index contributed by atoms with van der Waals surface area (Å²) in [6, 6.07) is 5.68. The molecule has 26 heavy (non-hydrogen) atoms. The van der Waals surface area contributed by atoms with E-state index in [2.05, 4.69) is 10.1 Å². The van der Waals surface area contributed by atoms with E-state index in [9.17, 15) is 9.59 Å². The Kier molecular flexibility index (Phi) is 5.99. The molecule has 2 amide bonds. The molecule has 2 aromatic heterocycles. The lowest BCUT2D eigenvalue weighted by Crippen LogP contribution is -2.38. The molecule has 0 unspecified atom stereocenters. The first-order valence-corrected chi connectivity index (χ1v) is 9.06. The Morgan fingerprint density at radius 2 is 1.85 bits per heavy atom.